The fourth-order valence-corrected chi connectivity index (χ4v) is 1.63. The van der Waals surface area contributed by atoms with Crippen molar-refractivity contribution >= 4 is 5.78 Å². The highest BCUT2D eigenvalue weighted by Crippen LogP contribution is 2.35. The molecule has 0 spiro atoms. The van der Waals surface area contributed by atoms with Crippen molar-refractivity contribution in [2.24, 2.45) is 11.1 Å². The van der Waals surface area contributed by atoms with E-state index in [-0.39, 0.29) is 5.78 Å². The zero-order chi connectivity index (χ0) is 14.8. The number of methoxy groups -OCH3 is 2. The monoisotopic (exact) mass is 265 g/mol. The number of carbonyl (C=O) groups excluding carboxylic acids is 1. The number of Topliss-reactive ketones (excluding diaryl/α,β-unsaturated/α-hetero) is 1. The summed E-state index contributed by atoms with van der Waals surface area (Å²) < 4.78 is 10.4. The van der Waals surface area contributed by atoms with Gasteiger partial charge >= 0.3 is 0 Å². The topological polar surface area (TPSA) is 61.5 Å². The fraction of sp³-hybridized carbons (Fsp3) is 0.533. The summed E-state index contributed by atoms with van der Waals surface area (Å²) in [4.78, 5) is 12.6. The minimum Gasteiger partial charge on any atom is -0.493 e. The van der Waals surface area contributed by atoms with Crippen LogP contribution in [0.4, 0.5) is 0 Å². The van der Waals surface area contributed by atoms with Crippen LogP contribution in [0, 0.1) is 5.41 Å². The van der Waals surface area contributed by atoms with Gasteiger partial charge in [0.1, 0.15) is 0 Å². The average Bonchev–Trinajstić information content (AvgIpc) is 2.35. The number of rotatable bonds is 5. The summed E-state index contributed by atoms with van der Waals surface area (Å²) >= 11 is 0. The fourth-order valence-electron chi connectivity index (χ4n) is 1.63. The van der Waals surface area contributed by atoms with Gasteiger partial charge in [0.25, 0.3) is 0 Å². The Morgan fingerprint density at radius 3 is 2.00 bits per heavy atom. The molecule has 4 nitrogen and oxygen atoms in total. The summed E-state index contributed by atoms with van der Waals surface area (Å²) in [6, 6.07) is 5.15. The van der Waals surface area contributed by atoms with Crippen LogP contribution in [0.5, 0.6) is 11.5 Å². The van der Waals surface area contributed by atoms with Crippen LogP contribution in [0.15, 0.2) is 18.2 Å². The summed E-state index contributed by atoms with van der Waals surface area (Å²) in [6.07, 6.45) is 0. The molecule has 0 saturated carbocycles. The second-order valence-electron chi connectivity index (χ2n) is 5.75. The highest BCUT2D eigenvalue weighted by atomic mass is 16.5. The van der Waals surface area contributed by atoms with Gasteiger partial charge in [-0.05, 0) is 32.0 Å². The summed E-state index contributed by atoms with van der Waals surface area (Å²) in [7, 11) is 3.11. The first kappa shape index (κ1) is 15.5. The van der Waals surface area contributed by atoms with Crippen LogP contribution in [0.3, 0.4) is 0 Å². The third-order valence-electron chi connectivity index (χ3n) is 3.82. The Kier molecular flexibility index (Phi) is 4.25. The second kappa shape index (κ2) is 5.21. The van der Waals surface area contributed by atoms with Crippen LogP contribution in [0.1, 0.15) is 38.1 Å². The van der Waals surface area contributed by atoms with Crippen LogP contribution in [-0.4, -0.2) is 25.5 Å². The Balaban J connectivity index is 3.21. The number of hydrogen-bond donors (Lipinski definition) is 1. The van der Waals surface area contributed by atoms with Crippen molar-refractivity contribution in [1.29, 1.82) is 0 Å². The number of ketones is 1. The zero-order valence-corrected chi connectivity index (χ0v) is 12.5. The van der Waals surface area contributed by atoms with Gasteiger partial charge < -0.3 is 15.2 Å². The SMILES string of the molecule is COc1ccc(C(=O)C(C)(C)C(C)(C)N)cc1OC. The van der Waals surface area contributed by atoms with Gasteiger partial charge in [0.15, 0.2) is 17.3 Å². The molecule has 1 rings (SSSR count). The third-order valence-corrected chi connectivity index (χ3v) is 3.82. The lowest BCUT2D eigenvalue weighted by Gasteiger charge is -2.37. The molecule has 0 amide bonds. The van der Waals surface area contributed by atoms with E-state index in [1.54, 1.807) is 32.4 Å². The first-order valence-electron chi connectivity index (χ1n) is 6.21. The first-order chi connectivity index (χ1) is 8.65. The predicted molar refractivity (Wildman–Crippen MR) is 75.9 cm³/mol. The van der Waals surface area contributed by atoms with E-state index in [0.717, 1.165) is 0 Å². The Bertz CT molecular complexity index is 473. The summed E-state index contributed by atoms with van der Waals surface area (Å²) in [5, 5.41) is 0. The van der Waals surface area contributed by atoms with Crippen molar-refractivity contribution in [2.45, 2.75) is 33.2 Å². The van der Waals surface area contributed by atoms with Gasteiger partial charge in [-0.2, -0.15) is 0 Å². The largest absolute Gasteiger partial charge is 0.493 e. The molecule has 106 valence electrons. The maximum atomic E-state index is 12.6. The molecule has 4 heteroatoms. The maximum Gasteiger partial charge on any atom is 0.170 e. The molecule has 0 fully saturated rings. The minimum atomic E-state index is -0.674. The van der Waals surface area contributed by atoms with Crippen LogP contribution in [0.2, 0.25) is 0 Å². The van der Waals surface area contributed by atoms with E-state index < -0.39 is 11.0 Å². The zero-order valence-electron chi connectivity index (χ0n) is 12.5. The van der Waals surface area contributed by atoms with Crippen LogP contribution >= 0.6 is 0 Å². The van der Waals surface area contributed by atoms with Crippen molar-refractivity contribution in [2.75, 3.05) is 14.2 Å². The molecule has 0 aliphatic rings. The van der Waals surface area contributed by atoms with Gasteiger partial charge in [0.05, 0.1) is 14.2 Å². The molecule has 1 aromatic rings. The van der Waals surface area contributed by atoms with E-state index in [2.05, 4.69) is 0 Å². The van der Waals surface area contributed by atoms with Gasteiger partial charge in [0, 0.05) is 16.5 Å². The van der Waals surface area contributed by atoms with E-state index in [1.165, 1.54) is 0 Å². The first-order valence-corrected chi connectivity index (χ1v) is 6.21. The molecule has 0 saturated heterocycles. The van der Waals surface area contributed by atoms with E-state index in [0.29, 0.717) is 17.1 Å². The van der Waals surface area contributed by atoms with E-state index >= 15 is 0 Å². The highest BCUT2D eigenvalue weighted by Gasteiger charge is 2.40. The number of hydrogen-bond acceptors (Lipinski definition) is 4. The number of nitrogens with two attached hydrogens (primary N) is 1. The maximum absolute atomic E-state index is 12.6. The normalized spacial score (nSPS) is 12.2. The average molecular weight is 265 g/mol. The Morgan fingerprint density at radius 2 is 1.58 bits per heavy atom. The van der Waals surface area contributed by atoms with Crippen molar-refractivity contribution in [1.82, 2.24) is 0 Å². The van der Waals surface area contributed by atoms with Crippen molar-refractivity contribution in [3.8, 4) is 11.5 Å². The van der Waals surface area contributed by atoms with Crippen LogP contribution in [0.25, 0.3) is 0 Å². The van der Waals surface area contributed by atoms with E-state index in [1.807, 2.05) is 27.7 Å². The molecule has 0 bridgehead atoms. The molecular weight excluding hydrogens is 242 g/mol. The molecule has 0 unspecified atom stereocenters. The smallest absolute Gasteiger partial charge is 0.170 e. The molecule has 2 N–H and O–H groups in total. The van der Waals surface area contributed by atoms with Crippen molar-refractivity contribution < 1.29 is 14.3 Å². The number of ether oxygens (including phenoxy) is 2. The number of benzene rings is 1. The Morgan fingerprint density at radius 1 is 1.05 bits per heavy atom. The highest BCUT2D eigenvalue weighted by molar-refractivity contribution is 6.01. The molecule has 1 aromatic carbocycles. The van der Waals surface area contributed by atoms with Gasteiger partial charge in [-0.1, -0.05) is 13.8 Å². The van der Waals surface area contributed by atoms with Crippen molar-refractivity contribution in [3.05, 3.63) is 23.8 Å². The summed E-state index contributed by atoms with van der Waals surface area (Å²) in [5.74, 6) is 1.13. The summed E-state index contributed by atoms with van der Waals surface area (Å²) in [6.45, 7) is 7.41. The van der Waals surface area contributed by atoms with Gasteiger partial charge in [-0.25, -0.2) is 0 Å². The Hall–Kier alpha value is -1.55. The third kappa shape index (κ3) is 2.89. The molecule has 0 radical (unpaired) electrons. The minimum absolute atomic E-state index is 0.0130. The van der Waals surface area contributed by atoms with Crippen molar-refractivity contribution in [3.63, 3.8) is 0 Å². The van der Waals surface area contributed by atoms with Gasteiger partial charge in [-0.3, -0.25) is 4.79 Å². The molecule has 19 heavy (non-hydrogen) atoms. The molecular formula is C15H23NO3. The molecule has 0 atom stereocenters. The quantitative estimate of drug-likeness (QED) is 0.831. The molecule has 0 aliphatic heterocycles. The second-order valence-corrected chi connectivity index (χ2v) is 5.75. The lowest BCUT2D eigenvalue weighted by Crippen LogP contribution is -2.51. The summed E-state index contributed by atoms with van der Waals surface area (Å²) in [5.41, 5.74) is 5.38. The predicted octanol–water partition coefficient (Wildman–Crippen LogP) is 2.65. The molecule has 0 aromatic heterocycles. The van der Waals surface area contributed by atoms with Crippen LogP contribution < -0.4 is 15.2 Å². The molecule has 0 heterocycles. The number of carbonyl (C=O) groups is 1. The lowest BCUT2D eigenvalue weighted by molar-refractivity contribution is 0.0734. The Labute approximate surface area is 114 Å². The van der Waals surface area contributed by atoms with E-state index in [4.69, 9.17) is 15.2 Å². The lowest BCUT2D eigenvalue weighted by atomic mass is 9.70. The van der Waals surface area contributed by atoms with E-state index in [9.17, 15) is 4.79 Å². The van der Waals surface area contributed by atoms with Gasteiger partial charge in [0.2, 0.25) is 0 Å². The van der Waals surface area contributed by atoms with Crippen LogP contribution in [-0.2, 0) is 0 Å². The van der Waals surface area contributed by atoms with Gasteiger partial charge in [-0.15, -0.1) is 0 Å². The standard InChI is InChI=1S/C15H23NO3/c1-14(2,15(3,4)16)13(17)10-7-8-11(18-5)12(9-10)19-6/h7-9H,16H2,1-6H3. The molecule has 0 aliphatic carbocycles.